The van der Waals surface area contributed by atoms with E-state index in [1.807, 2.05) is 0 Å². The number of carbonyl (C=O) groups excluding carboxylic acids is 1. The van der Waals surface area contributed by atoms with Gasteiger partial charge in [0, 0.05) is 17.3 Å². The highest BCUT2D eigenvalue weighted by atomic mass is 19.1. The molecule has 4 aromatic heterocycles. The Morgan fingerprint density at radius 2 is 1.81 bits per heavy atom. The molecule has 1 amide bonds. The molecule has 31 heavy (non-hydrogen) atoms. The van der Waals surface area contributed by atoms with Gasteiger partial charge in [0.25, 0.3) is 0 Å². The number of fused-ring (bicyclic) bond motifs is 2. The fraction of sp³-hybridized carbons (Fsp3) is 0.200. The van der Waals surface area contributed by atoms with E-state index < -0.39 is 22.9 Å². The predicted molar refractivity (Wildman–Crippen MR) is 103 cm³/mol. The SMILES string of the molecule is CC1(C)C(=O)Nc2nc(-c3nn(Cc4c(F)cncc4F)c4ncc(F)cc34)ncc21. The molecule has 1 aliphatic heterocycles. The molecule has 5 heterocycles. The molecule has 0 spiro atoms. The quantitative estimate of drug-likeness (QED) is 0.542. The van der Waals surface area contributed by atoms with Crippen LogP contribution in [0.5, 0.6) is 0 Å². The third-order valence-corrected chi connectivity index (χ3v) is 5.29. The van der Waals surface area contributed by atoms with Crippen molar-refractivity contribution >= 4 is 22.8 Å². The number of nitrogens with one attached hydrogen (secondary N) is 1. The lowest BCUT2D eigenvalue weighted by Crippen LogP contribution is -2.26. The maximum absolute atomic E-state index is 14.1. The first-order chi connectivity index (χ1) is 14.8. The molecule has 156 valence electrons. The number of nitrogens with zero attached hydrogens (tertiary/aromatic N) is 6. The van der Waals surface area contributed by atoms with Crippen molar-refractivity contribution in [1.29, 1.82) is 0 Å². The van der Waals surface area contributed by atoms with Gasteiger partial charge in [0.1, 0.15) is 29.0 Å². The highest BCUT2D eigenvalue weighted by Gasteiger charge is 2.40. The summed E-state index contributed by atoms with van der Waals surface area (Å²) in [6.07, 6.45) is 4.28. The second-order valence-corrected chi connectivity index (χ2v) is 7.65. The molecule has 11 heteroatoms. The van der Waals surface area contributed by atoms with Crippen molar-refractivity contribution in [3.05, 3.63) is 59.4 Å². The van der Waals surface area contributed by atoms with Crippen molar-refractivity contribution in [3.63, 3.8) is 0 Å². The average Bonchev–Trinajstić information content (AvgIpc) is 3.18. The molecule has 1 aliphatic rings. The first kappa shape index (κ1) is 19.1. The van der Waals surface area contributed by atoms with E-state index in [1.165, 1.54) is 16.9 Å². The molecule has 0 saturated carbocycles. The van der Waals surface area contributed by atoms with Crippen molar-refractivity contribution in [1.82, 2.24) is 29.7 Å². The minimum atomic E-state index is -0.842. The van der Waals surface area contributed by atoms with Gasteiger partial charge in [-0.1, -0.05) is 0 Å². The van der Waals surface area contributed by atoms with Crippen LogP contribution in [0.2, 0.25) is 0 Å². The first-order valence-electron chi connectivity index (χ1n) is 9.25. The van der Waals surface area contributed by atoms with E-state index in [0.29, 0.717) is 11.4 Å². The largest absolute Gasteiger partial charge is 0.310 e. The van der Waals surface area contributed by atoms with Crippen molar-refractivity contribution in [2.75, 3.05) is 5.32 Å². The van der Waals surface area contributed by atoms with E-state index in [9.17, 15) is 18.0 Å². The van der Waals surface area contributed by atoms with Gasteiger partial charge in [-0.15, -0.1) is 0 Å². The third kappa shape index (κ3) is 2.92. The number of aromatic nitrogens is 6. The Morgan fingerprint density at radius 3 is 2.55 bits per heavy atom. The molecule has 0 saturated heterocycles. The number of hydrogen-bond acceptors (Lipinski definition) is 6. The third-order valence-electron chi connectivity index (χ3n) is 5.29. The van der Waals surface area contributed by atoms with E-state index in [4.69, 9.17) is 0 Å². The van der Waals surface area contributed by atoms with Crippen LogP contribution in [-0.4, -0.2) is 35.6 Å². The Morgan fingerprint density at radius 1 is 1.06 bits per heavy atom. The Labute approximate surface area is 173 Å². The number of rotatable bonds is 3. The summed E-state index contributed by atoms with van der Waals surface area (Å²) in [4.78, 5) is 28.4. The molecular weight excluding hydrogens is 411 g/mol. The second-order valence-electron chi connectivity index (χ2n) is 7.65. The van der Waals surface area contributed by atoms with E-state index in [-0.39, 0.29) is 40.6 Å². The summed E-state index contributed by atoms with van der Waals surface area (Å²) >= 11 is 0. The van der Waals surface area contributed by atoms with Gasteiger partial charge in [-0.25, -0.2) is 32.8 Å². The smallest absolute Gasteiger partial charge is 0.235 e. The lowest BCUT2D eigenvalue weighted by molar-refractivity contribution is -0.119. The fourth-order valence-corrected chi connectivity index (χ4v) is 3.48. The van der Waals surface area contributed by atoms with Crippen molar-refractivity contribution in [2.24, 2.45) is 0 Å². The van der Waals surface area contributed by atoms with Crippen LogP contribution < -0.4 is 5.32 Å². The molecule has 0 fully saturated rings. The van der Waals surface area contributed by atoms with Crippen LogP contribution >= 0.6 is 0 Å². The molecule has 8 nitrogen and oxygen atoms in total. The predicted octanol–water partition coefficient (Wildman–Crippen LogP) is 2.98. The zero-order valence-corrected chi connectivity index (χ0v) is 16.3. The Bertz CT molecular complexity index is 1360. The summed E-state index contributed by atoms with van der Waals surface area (Å²) in [5.41, 5.74) is -0.0745. The summed E-state index contributed by atoms with van der Waals surface area (Å²) in [5, 5.41) is 7.32. The van der Waals surface area contributed by atoms with Crippen molar-refractivity contribution < 1.29 is 18.0 Å². The minimum Gasteiger partial charge on any atom is -0.310 e. The molecule has 4 aromatic rings. The normalized spacial score (nSPS) is 14.7. The number of carbonyl (C=O) groups is 1. The fourth-order valence-electron chi connectivity index (χ4n) is 3.48. The molecule has 5 rings (SSSR count). The summed E-state index contributed by atoms with van der Waals surface area (Å²) in [7, 11) is 0. The highest BCUT2D eigenvalue weighted by molar-refractivity contribution is 6.04. The molecule has 0 radical (unpaired) electrons. The van der Waals surface area contributed by atoms with Gasteiger partial charge in [0.15, 0.2) is 11.5 Å². The van der Waals surface area contributed by atoms with Gasteiger partial charge < -0.3 is 5.32 Å². The van der Waals surface area contributed by atoms with E-state index in [0.717, 1.165) is 18.6 Å². The Balaban J connectivity index is 1.67. The summed E-state index contributed by atoms with van der Waals surface area (Å²) in [5.74, 6) is -2.08. The van der Waals surface area contributed by atoms with Crippen LogP contribution in [0.15, 0.2) is 30.9 Å². The summed E-state index contributed by atoms with van der Waals surface area (Å²) in [6.45, 7) is 3.20. The summed E-state index contributed by atoms with van der Waals surface area (Å²) in [6, 6.07) is 1.19. The van der Waals surface area contributed by atoms with Gasteiger partial charge in [0.2, 0.25) is 5.91 Å². The monoisotopic (exact) mass is 425 g/mol. The molecule has 0 aliphatic carbocycles. The van der Waals surface area contributed by atoms with Gasteiger partial charge in [0.05, 0.1) is 35.9 Å². The molecule has 1 N–H and O–H groups in total. The van der Waals surface area contributed by atoms with Crippen molar-refractivity contribution in [3.8, 4) is 11.5 Å². The van der Waals surface area contributed by atoms with Gasteiger partial charge in [-0.2, -0.15) is 5.10 Å². The van der Waals surface area contributed by atoms with Crippen LogP contribution in [0, 0.1) is 17.5 Å². The lowest BCUT2D eigenvalue weighted by Gasteiger charge is -2.13. The number of amides is 1. The number of hydrogen-bond donors (Lipinski definition) is 1. The van der Waals surface area contributed by atoms with Crippen molar-refractivity contribution in [2.45, 2.75) is 25.8 Å². The zero-order chi connectivity index (χ0) is 21.9. The van der Waals surface area contributed by atoms with Crippen LogP contribution in [-0.2, 0) is 16.8 Å². The molecule has 0 atom stereocenters. The standard InChI is InChI=1S/C20H14F3N7O/c1-20(2)12-5-25-17(27-16(12)28-19(20)31)15-10-3-9(21)4-26-18(10)30(29-15)8-11-13(22)6-24-7-14(11)23/h3-7H,8H2,1-2H3,(H,25,27,28,31). The van der Waals surface area contributed by atoms with E-state index >= 15 is 0 Å². The van der Waals surface area contributed by atoms with Gasteiger partial charge >= 0.3 is 0 Å². The maximum Gasteiger partial charge on any atom is 0.235 e. The Hall–Kier alpha value is -3.89. The molecule has 0 unspecified atom stereocenters. The number of halogens is 3. The topological polar surface area (TPSA) is 98.5 Å². The van der Waals surface area contributed by atoms with Crippen LogP contribution in [0.4, 0.5) is 19.0 Å². The van der Waals surface area contributed by atoms with Crippen LogP contribution in [0.3, 0.4) is 0 Å². The Kier molecular flexibility index (Phi) is 4.04. The molecule has 0 aromatic carbocycles. The van der Waals surface area contributed by atoms with Crippen LogP contribution in [0.25, 0.3) is 22.6 Å². The number of anilines is 1. The average molecular weight is 425 g/mol. The van der Waals surface area contributed by atoms with E-state index in [1.54, 1.807) is 13.8 Å². The van der Waals surface area contributed by atoms with Gasteiger partial charge in [-0.05, 0) is 19.9 Å². The van der Waals surface area contributed by atoms with Crippen LogP contribution in [0.1, 0.15) is 25.0 Å². The first-order valence-corrected chi connectivity index (χ1v) is 9.25. The van der Waals surface area contributed by atoms with Gasteiger partial charge in [-0.3, -0.25) is 9.78 Å². The number of pyridine rings is 2. The maximum atomic E-state index is 14.1. The summed E-state index contributed by atoms with van der Waals surface area (Å²) < 4.78 is 43.4. The zero-order valence-electron chi connectivity index (χ0n) is 16.3. The second kappa shape index (κ2) is 6.56. The van der Waals surface area contributed by atoms with E-state index in [2.05, 4.69) is 30.4 Å². The minimum absolute atomic E-state index is 0.114. The lowest BCUT2D eigenvalue weighted by atomic mass is 9.88. The highest BCUT2D eigenvalue weighted by Crippen LogP contribution is 2.37. The molecule has 0 bridgehead atoms. The molecular formula is C20H14F3N7O.